The molecule has 0 radical (unpaired) electrons. The molecule has 21 heavy (non-hydrogen) atoms. The van der Waals surface area contributed by atoms with E-state index in [0.29, 0.717) is 25.5 Å². The lowest BCUT2D eigenvalue weighted by Gasteiger charge is -2.30. The molecule has 2 aliphatic heterocycles. The van der Waals surface area contributed by atoms with E-state index in [9.17, 15) is 4.79 Å². The topological polar surface area (TPSA) is 44.8 Å². The van der Waals surface area contributed by atoms with Crippen LogP contribution in [0.3, 0.4) is 0 Å². The lowest BCUT2D eigenvalue weighted by atomic mass is 9.99. The van der Waals surface area contributed by atoms with E-state index < -0.39 is 0 Å². The molecule has 1 unspecified atom stereocenters. The fourth-order valence-electron chi connectivity index (χ4n) is 3.25. The highest BCUT2D eigenvalue weighted by molar-refractivity contribution is 5.76. The van der Waals surface area contributed by atoms with Gasteiger partial charge in [-0.2, -0.15) is 0 Å². The van der Waals surface area contributed by atoms with Crippen LogP contribution in [0, 0.1) is 5.92 Å². The van der Waals surface area contributed by atoms with Crippen molar-refractivity contribution in [3.8, 4) is 0 Å². The average molecular weight is 297 g/mol. The van der Waals surface area contributed by atoms with Crippen molar-refractivity contribution in [3.05, 3.63) is 0 Å². The standard InChI is InChI=1S/C16H31N3O2/c1-2-18(14-15-5-3-7-17-13-15)8-4-6-16(20)19-9-11-21-12-10-19/h15,17H,2-14H2,1H3. The summed E-state index contributed by atoms with van der Waals surface area (Å²) in [6, 6.07) is 0. The first-order valence-corrected chi connectivity index (χ1v) is 8.58. The Hall–Kier alpha value is -0.650. The number of hydrogen-bond donors (Lipinski definition) is 1. The number of hydrogen-bond acceptors (Lipinski definition) is 4. The van der Waals surface area contributed by atoms with Gasteiger partial charge in [0.25, 0.3) is 0 Å². The molecule has 0 aliphatic carbocycles. The van der Waals surface area contributed by atoms with E-state index in [-0.39, 0.29) is 0 Å². The van der Waals surface area contributed by atoms with Crippen molar-refractivity contribution in [2.24, 2.45) is 5.92 Å². The van der Waals surface area contributed by atoms with Crippen LogP contribution in [0.4, 0.5) is 0 Å². The minimum Gasteiger partial charge on any atom is -0.378 e. The van der Waals surface area contributed by atoms with Gasteiger partial charge in [0.1, 0.15) is 0 Å². The van der Waals surface area contributed by atoms with Crippen LogP contribution >= 0.6 is 0 Å². The van der Waals surface area contributed by atoms with E-state index in [2.05, 4.69) is 17.1 Å². The number of ether oxygens (including phenoxy) is 1. The summed E-state index contributed by atoms with van der Waals surface area (Å²) >= 11 is 0. The second-order valence-electron chi connectivity index (χ2n) is 6.20. The van der Waals surface area contributed by atoms with E-state index in [1.54, 1.807) is 0 Å². The van der Waals surface area contributed by atoms with Gasteiger partial charge in [0.15, 0.2) is 0 Å². The number of rotatable bonds is 7. The van der Waals surface area contributed by atoms with Crippen molar-refractivity contribution in [1.82, 2.24) is 15.1 Å². The largest absolute Gasteiger partial charge is 0.378 e. The third-order valence-corrected chi connectivity index (χ3v) is 4.59. The number of nitrogens with zero attached hydrogens (tertiary/aromatic N) is 2. The Labute approximate surface area is 129 Å². The van der Waals surface area contributed by atoms with Crippen LogP contribution in [-0.2, 0) is 9.53 Å². The summed E-state index contributed by atoms with van der Waals surface area (Å²) in [5, 5.41) is 3.48. The Morgan fingerprint density at radius 3 is 2.86 bits per heavy atom. The van der Waals surface area contributed by atoms with Crippen molar-refractivity contribution in [1.29, 1.82) is 0 Å². The fraction of sp³-hybridized carbons (Fsp3) is 0.938. The maximum atomic E-state index is 12.1. The molecule has 5 nitrogen and oxygen atoms in total. The predicted octanol–water partition coefficient (Wildman–Crippen LogP) is 0.947. The van der Waals surface area contributed by atoms with Crippen LogP contribution in [-0.4, -0.2) is 74.7 Å². The third-order valence-electron chi connectivity index (χ3n) is 4.59. The van der Waals surface area contributed by atoms with Gasteiger partial charge in [-0.3, -0.25) is 4.79 Å². The molecule has 1 atom stereocenters. The molecule has 0 aromatic rings. The molecular weight excluding hydrogens is 266 g/mol. The molecule has 1 N–H and O–H groups in total. The number of carbonyl (C=O) groups excluding carboxylic acids is 1. The molecule has 0 aromatic carbocycles. The summed E-state index contributed by atoms with van der Waals surface area (Å²) in [5.74, 6) is 1.09. The summed E-state index contributed by atoms with van der Waals surface area (Å²) in [7, 11) is 0. The molecule has 0 bridgehead atoms. The molecule has 0 saturated carbocycles. The average Bonchev–Trinajstić information content (AvgIpc) is 2.55. The first-order chi connectivity index (χ1) is 10.3. The Morgan fingerprint density at radius 1 is 1.38 bits per heavy atom. The van der Waals surface area contributed by atoms with E-state index in [1.165, 1.54) is 25.9 Å². The molecule has 5 heteroatoms. The lowest BCUT2D eigenvalue weighted by Crippen LogP contribution is -2.41. The maximum Gasteiger partial charge on any atom is 0.222 e. The second kappa shape index (κ2) is 9.38. The molecule has 2 rings (SSSR count). The van der Waals surface area contributed by atoms with Gasteiger partial charge in [0.05, 0.1) is 13.2 Å². The second-order valence-corrected chi connectivity index (χ2v) is 6.20. The van der Waals surface area contributed by atoms with Gasteiger partial charge in [-0.1, -0.05) is 6.92 Å². The van der Waals surface area contributed by atoms with E-state index in [1.807, 2.05) is 4.90 Å². The molecular formula is C16H31N3O2. The van der Waals surface area contributed by atoms with Gasteiger partial charge in [-0.15, -0.1) is 0 Å². The Bertz CT molecular complexity index is 300. The normalized spacial score (nSPS) is 23.5. The summed E-state index contributed by atoms with van der Waals surface area (Å²) in [6.45, 7) is 10.8. The fourth-order valence-corrected chi connectivity index (χ4v) is 3.25. The zero-order valence-electron chi connectivity index (χ0n) is 13.5. The predicted molar refractivity (Wildman–Crippen MR) is 84.3 cm³/mol. The third kappa shape index (κ3) is 5.93. The highest BCUT2D eigenvalue weighted by atomic mass is 16.5. The summed E-state index contributed by atoms with van der Waals surface area (Å²) in [5.41, 5.74) is 0. The van der Waals surface area contributed by atoms with E-state index in [4.69, 9.17) is 4.74 Å². The number of carbonyl (C=O) groups is 1. The molecule has 1 amide bonds. The smallest absolute Gasteiger partial charge is 0.222 e. The first kappa shape index (κ1) is 16.7. The molecule has 2 fully saturated rings. The van der Waals surface area contributed by atoms with Crippen LogP contribution < -0.4 is 5.32 Å². The van der Waals surface area contributed by atoms with Crippen LogP contribution in [0.25, 0.3) is 0 Å². The van der Waals surface area contributed by atoms with Crippen LogP contribution in [0.15, 0.2) is 0 Å². The SMILES string of the molecule is CCN(CCCC(=O)N1CCOCC1)CC1CCCNC1. The molecule has 0 spiro atoms. The molecule has 0 aromatic heterocycles. The number of nitrogens with one attached hydrogen (secondary N) is 1. The number of amides is 1. The van der Waals surface area contributed by atoms with Gasteiger partial charge >= 0.3 is 0 Å². The Morgan fingerprint density at radius 2 is 2.19 bits per heavy atom. The van der Waals surface area contributed by atoms with Crippen molar-refractivity contribution < 1.29 is 9.53 Å². The number of piperidine rings is 1. The zero-order chi connectivity index (χ0) is 14.9. The zero-order valence-corrected chi connectivity index (χ0v) is 13.5. The maximum absolute atomic E-state index is 12.1. The summed E-state index contributed by atoms with van der Waals surface area (Å²) in [4.78, 5) is 16.6. The van der Waals surface area contributed by atoms with Gasteiger partial charge in [-0.25, -0.2) is 0 Å². The van der Waals surface area contributed by atoms with Crippen LogP contribution in [0.2, 0.25) is 0 Å². The molecule has 2 heterocycles. The van der Waals surface area contributed by atoms with Crippen molar-refractivity contribution in [2.45, 2.75) is 32.6 Å². The van der Waals surface area contributed by atoms with Gasteiger partial charge in [-0.05, 0) is 51.4 Å². The van der Waals surface area contributed by atoms with Crippen LogP contribution in [0.5, 0.6) is 0 Å². The first-order valence-electron chi connectivity index (χ1n) is 8.58. The highest BCUT2D eigenvalue weighted by Crippen LogP contribution is 2.12. The minimum atomic E-state index is 0.300. The molecule has 122 valence electrons. The minimum absolute atomic E-state index is 0.300. The monoisotopic (exact) mass is 297 g/mol. The number of morpholine rings is 1. The van der Waals surface area contributed by atoms with Crippen molar-refractivity contribution in [2.75, 3.05) is 59.0 Å². The van der Waals surface area contributed by atoms with E-state index in [0.717, 1.165) is 45.1 Å². The van der Waals surface area contributed by atoms with Crippen LogP contribution in [0.1, 0.15) is 32.6 Å². The van der Waals surface area contributed by atoms with E-state index >= 15 is 0 Å². The molecule has 2 saturated heterocycles. The van der Waals surface area contributed by atoms with Crippen molar-refractivity contribution >= 4 is 5.91 Å². The Balaban J connectivity index is 1.61. The lowest BCUT2D eigenvalue weighted by molar-refractivity contribution is -0.135. The highest BCUT2D eigenvalue weighted by Gasteiger charge is 2.18. The summed E-state index contributed by atoms with van der Waals surface area (Å²) < 4.78 is 5.29. The van der Waals surface area contributed by atoms with Gasteiger partial charge in [0.2, 0.25) is 5.91 Å². The van der Waals surface area contributed by atoms with Crippen molar-refractivity contribution in [3.63, 3.8) is 0 Å². The molecule has 2 aliphatic rings. The Kier molecular flexibility index (Phi) is 7.47. The van der Waals surface area contributed by atoms with Gasteiger partial charge in [0, 0.05) is 26.1 Å². The quantitative estimate of drug-likeness (QED) is 0.760. The van der Waals surface area contributed by atoms with Gasteiger partial charge < -0.3 is 19.9 Å². The summed E-state index contributed by atoms with van der Waals surface area (Å²) in [6.07, 6.45) is 4.30.